The first-order chi connectivity index (χ1) is 11.0. The summed E-state index contributed by atoms with van der Waals surface area (Å²) in [6.45, 7) is 12.6. The lowest BCUT2D eigenvalue weighted by Gasteiger charge is -2.09. The van der Waals surface area contributed by atoms with E-state index in [1.54, 1.807) is 22.7 Å². The van der Waals surface area contributed by atoms with Crippen LogP contribution in [-0.2, 0) is 13.1 Å². The Labute approximate surface area is 169 Å². The second-order valence-corrected chi connectivity index (χ2v) is 7.81. The minimum absolute atomic E-state index is 0. The maximum absolute atomic E-state index is 4.62. The highest BCUT2D eigenvalue weighted by atomic mass is 127. The average Bonchev–Trinajstić information content (AvgIpc) is 3.10. The number of aliphatic imine (C=N–C) groups is 1. The highest BCUT2D eigenvalue weighted by molar-refractivity contribution is 14.0. The summed E-state index contributed by atoms with van der Waals surface area (Å²) in [7, 11) is 0. The summed E-state index contributed by atoms with van der Waals surface area (Å²) in [6.07, 6.45) is 0. The van der Waals surface area contributed by atoms with Gasteiger partial charge in [-0.05, 0) is 20.8 Å². The summed E-state index contributed by atoms with van der Waals surface area (Å²) >= 11 is 3.44. The molecular formula is C16H26IN5S2. The number of aryl methyl sites for hydroxylation is 2. The molecule has 0 saturated heterocycles. The predicted molar refractivity (Wildman–Crippen MR) is 115 cm³/mol. The number of halogens is 1. The van der Waals surface area contributed by atoms with Crippen LogP contribution in [0, 0.1) is 13.8 Å². The molecule has 2 rings (SSSR count). The number of hydrogen-bond donors (Lipinski definition) is 2. The lowest BCUT2D eigenvalue weighted by Crippen LogP contribution is -2.36. The van der Waals surface area contributed by atoms with Crippen molar-refractivity contribution in [3.05, 3.63) is 31.7 Å². The molecule has 2 N–H and O–H groups in total. The van der Waals surface area contributed by atoms with E-state index in [0.717, 1.165) is 28.9 Å². The van der Waals surface area contributed by atoms with E-state index in [1.165, 1.54) is 9.88 Å². The normalized spacial score (nSPS) is 11.5. The van der Waals surface area contributed by atoms with Crippen molar-refractivity contribution in [3.63, 3.8) is 0 Å². The number of thiazole rings is 2. The fourth-order valence-electron chi connectivity index (χ4n) is 1.94. The third-order valence-electron chi connectivity index (χ3n) is 3.29. The molecule has 2 aromatic rings. The number of nitrogens with one attached hydrogen (secondary N) is 2. The van der Waals surface area contributed by atoms with Crippen molar-refractivity contribution in [1.29, 1.82) is 0 Å². The van der Waals surface area contributed by atoms with Gasteiger partial charge in [0.25, 0.3) is 0 Å². The molecule has 0 spiro atoms. The average molecular weight is 479 g/mol. The molecule has 0 aromatic carbocycles. The standard InChI is InChI=1S/C16H25N5S2.HI/c1-6-17-16(19-8-14-20-11(4)12(5)23-14)18-7-13-9-22-15(21-13)10(2)3;/h9-10H,6-8H2,1-5H3,(H2,17,18,19);1H. The Balaban J connectivity index is 0.00000288. The van der Waals surface area contributed by atoms with Crippen LogP contribution in [0.4, 0.5) is 0 Å². The molecule has 0 atom stereocenters. The summed E-state index contributed by atoms with van der Waals surface area (Å²) < 4.78 is 0. The topological polar surface area (TPSA) is 62.2 Å². The molecule has 0 amide bonds. The monoisotopic (exact) mass is 479 g/mol. The summed E-state index contributed by atoms with van der Waals surface area (Å²) in [5.74, 6) is 1.28. The lowest BCUT2D eigenvalue weighted by molar-refractivity contribution is 0.801. The highest BCUT2D eigenvalue weighted by Crippen LogP contribution is 2.19. The largest absolute Gasteiger partial charge is 0.357 e. The van der Waals surface area contributed by atoms with Gasteiger partial charge in [-0.1, -0.05) is 13.8 Å². The second-order valence-electron chi connectivity index (χ2n) is 5.63. The maximum atomic E-state index is 4.62. The van der Waals surface area contributed by atoms with Gasteiger partial charge in [0, 0.05) is 22.7 Å². The number of rotatable bonds is 6. The van der Waals surface area contributed by atoms with E-state index in [1.807, 2.05) is 6.92 Å². The van der Waals surface area contributed by atoms with Crippen molar-refractivity contribution in [1.82, 2.24) is 20.6 Å². The lowest BCUT2D eigenvalue weighted by atomic mass is 10.2. The Kier molecular flexibility index (Phi) is 9.14. The van der Waals surface area contributed by atoms with Gasteiger partial charge in [0.05, 0.1) is 29.5 Å². The first kappa shape index (κ1) is 21.3. The summed E-state index contributed by atoms with van der Waals surface area (Å²) in [6, 6.07) is 0. The Bertz CT molecular complexity index is 644. The van der Waals surface area contributed by atoms with Crippen LogP contribution in [0.5, 0.6) is 0 Å². The van der Waals surface area contributed by atoms with Gasteiger partial charge in [0.2, 0.25) is 0 Å². The van der Waals surface area contributed by atoms with E-state index in [4.69, 9.17) is 0 Å². The van der Waals surface area contributed by atoms with Crippen molar-refractivity contribution in [3.8, 4) is 0 Å². The number of nitrogens with zero attached hydrogens (tertiary/aromatic N) is 3. The maximum Gasteiger partial charge on any atom is 0.191 e. The minimum Gasteiger partial charge on any atom is -0.357 e. The molecule has 0 saturated carbocycles. The minimum atomic E-state index is 0. The van der Waals surface area contributed by atoms with Gasteiger partial charge in [0.15, 0.2) is 5.96 Å². The van der Waals surface area contributed by atoms with E-state index in [-0.39, 0.29) is 24.0 Å². The molecule has 0 aliphatic rings. The zero-order chi connectivity index (χ0) is 16.8. The SMILES string of the molecule is CCNC(=NCc1csc(C(C)C)n1)NCc1nc(C)c(C)s1.I. The Morgan fingerprint density at radius 3 is 2.54 bits per heavy atom. The van der Waals surface area contributed by atoms with E-state index in [9.17, 15) is 0 Å². The van der Waals surface area contributed by atoms with Crippen LogP contribution in [0.3, 0.4) is 0 Å². The summed E-state index contributed by atoms with van der Waals surface area (Å²) in [5, 5.41) is 11.0. The predicted octanol–water partition coefficient (Wildman–Crippen LogP) is 4.21. The van der Waals surface area contributed by atoms with E-state index in [0.29, 0.717) is 19.0 Å². The van der Waals surface area contributed by atoms with Crippen molar-refractivity contribution < 1.29 is 0 Å². The third-order valence-corrected chi connectivity index (χ3v) is 5.55. The summed E-state index contributed by atoms with van der Waals surface area (Å²) in [4.78, 5) is 15.1. The van der Waals surface area contributed by atoms with Gasteiger partial charge >= 0.3 is 0 Å². The molecular weight excluding hydrogens is 453 g/mol. The fraction of sp³-hybridized carbons (Fsp3) is 0.562. The van der Waals surface area contributed by atoms with Gasteiger partial charge in [-0.3, -0.25) is 0 Å². The smallest absolute Gasteiger partial charge is 0.191 e. The molecule has 8 heteroatoms. The van der Waals surface area contributed by atoms with Gasteiger partial charge in [-0.2, -0.15) is 0 Å². The van der Waals surface area contributed by atoms with Gasteiger partial charge in [-0.15, -0.1) is 46.7 Å². The molecule has 2 aromatic heterocycles. The zero-order valence-corrected chi connectivity index (χ0v) is 18.8. The van der Waals surface area contributed by atoms with Crippen LogP contribution >= 0.6 is 46.7 Å². The number of hydrogen-bond acceptors (Lipinski definition) is 5. The first-order valence-electron chi connectivity index (χ1n) is 7.89. The molecule has 0 fully saturated rings. The van der Waals surface area contributed by atoms with Crippen LogP contribution in [0.1, 0.15) is 53.0 Å². The molecule has 0 unspecified atom stereocenters. The number of guanidine groups is 1. The van der Waals surface area contributed by atoms with Crippen LogP contribution in [0.15, 0.2) is 10.4 Å². The van der Waals surface area contributed by atoms with Crippen molar-refractivity contribution in [2.75, 3.05) is 6.54 Å². The van der Waals surface area contributed by atoms with Gasteiger partial charge in [0.1, 0.15) is 5.01 Å². The molecule has 0 radical (unpaired) electrons. The van der Waals surface area contributed by atoms with Crippen molar-refractivity contribution in [2.24, 2.45) is 4.99 Å². The molecule has 134 valence electrons. The van der Waals surface area contributed by atoms with E-state index in [2.05, 4.69) is 58.7 Å². The van der Waals surface area contributed by atoms with Crippen molar-refractivity contribution in [2.45, 2.75) is 53.6 Å². The van der Waals surface area contributed by atoms with E-state index >= 15 is 0 Å². The Morgan fingerprint density at radius 2 is 2.00 bits per heavy atom. The van der Waals surface area contributed by atoms with E-state index < -0.39 is 0 Å². The molecule has 0 bridgehead atoms. The van der Waals surface area contributed by atoms with Crippen molar-refractivity contribution >= 4 is 52.6 Å². The highest BCUT2D eigenvalue weighted by Gasteiger charge is 2.07. The quantitative estimate of drug-likeness (QED) is 0.370. The Hall–Kier alpha value is -0.740. The Morgan fingerprint density at radius 1 is 1.25 bits per heavy atom. The molecule has 0 aliphatic heterocycles. The fourth-order valence-corrected chi connectivity index (χ4v) is 3.64. The van der Waals surface area contributed by atoms with Crippen LogP contribution in [0.2, 0.25) is 0 Å². The number of aromatic nitrogens is 2. The first-order valence-corrected chi connectivity index (χ1v) is 9.58. The molecule has 0 aliphatic carbocycles. The van der Waals surface area contributed by atoms with Gasteiger partial charge < -0.3 is 10.6 Å². The second kappa shape index (κ2) is 10.3. The summed E-state index contributed by atoms with van der Waals surface area (Å²) in [5.41, 5.74) is 2.13. The van der Waals surface area contributed by atoms with Crippen LogP contribution in [0.25, 0.3) is 0 Å². The zero-order valence-electron chi connectivity index (χ0n) is 14.8. The molecule has 2 heterocycles. The van der Waals surface area contributed by atoms with Gasteiger partial charge in [-0.25, -0.2) is 15.0 Å². The molecule has 5 nitrogen and oxygen atoms in total. The van der Waals surface area contributed by atoms with Crippen LogP contribution in [-0.4, -0.2) is 22.5 Å². The third kappa shape index (κ3) is 6.29. The molecule has 24 heavy (non-hydrogen) atoms. The van der Waals surface area contributed by atoms with Crippen LogP contribution < -0.4 is 10.6 Å².